The fraction of sp³-hybridized carbons (Fsp3) is 0.333. The second-order valence-corrected chi connectivity index (χ2v) is 5.91. The number of aliphatic imine (C=N–C) groups is 1. The SMILES string of the molecule is C/C=C(\C)N1C(=O)C2N=C(COc3ccccc3)SC21. The van der Waals surface area contributed by atoms with E-state index in [1.807, 2.05) is 55.2 Å². The molecule has 2 unspecified atom stereocenters. The van der Waals surface area contributed by atoms with Crippen LogP contribution < -0.4 is 4.74 Å². The molecule has 2 aliphatic heterocycles. The minimum atomic E-state index is -0.218. The van der Waals surface area contributed by atoms with Gasteiger partial charge in [0.25, 0.3) is 5.91 Å². The van der Waals surface area contributed by atoms with Gasteiger partial charge in [-0.25, -0.2) is 0 Å². The molecule has 1 aromatic rings. The Morgan fingerprint density at radius 3 is 2.90 bits per heavy atom. The van der Waals surface area contributed by atoms with Crippen LogP contribution in [-0.2, 0) is 4.79 Å². The van der Waals surface area contributed by atoms with E-state index in [1.165, 1.54) is 0 Å². The van der Waals surface area contributed by atoms with Crippen LogP contribution in [0.4, 0.5) is 0 Å². The first-order valence-electron chi connectivity index (χ1n) is 6.58. The number of para-hydroxylation sites is 1. The molecule has 1 fully saturated rings. The minimum Gasteiger partial charge on any atom is -0.487 e. The van der Waals surface area contributed by atoms with Gasteiger partial charge < -0.3 is 4.74 Å². The smallest absolute Gasteiger partial charge is 0.255 e. The summed E-state index contributed by atoms with van der Waals surface area (Å²) in [7, 11) is 0. The Bertz CT molecular complexity index is 583. The summed E-state index contributed by atoms with van der Waals surface area (Å²) in [6.07, 6.45) is 1.95. The Balaban J connectivity index is 1.61. The van der Waals surface area contributed by atoms with Crippen molar-refractivity contribution in [3.05, 3.63) is 42.1 Å². The second-order valence-electron chi connectivity index (χ2n) is 4.72. The molecular weight excluding hydrogens is 272 g/mol. The molecule has 20 heavy (non-hydrogen) atoms. The Hall–Kier alpha value is -1.75. The van der Waals surface area contributed by atoms with Crippen molar-refractivity contribution < 1.29 is 9.53 Å². The lowest BCUT2D eigenvalue weighted by molar-refractivity contribution is -0.140. The van der Waals surface area contributed by atoms with Gasteiger partial charge in [0.15, 0.2) is 6.04 Å². The summed E-state index contributed by atoms with van der Waals surface area (Å²) in [6, 6.07) is 9.42. The van der Waals surface area contributed by atoms with Crippen LogP contribution in [0.2, 0.25) is 0 Å². The normalized spacial score (nSPS) is 25.1. The number of rotatable bonds is 4. The van der Waals surface area contributed by atoms with Crippen molar-refractivity contribution in [3.63, 3.8) is 0 Å². The van der Waals surface area contributed by atoms with E-state index in [9.17, 15) is 4.79 Å². The topological polar surface area (TPSA) is 41.9 Å². The number of nitrogens with zero attached hydrogens (tertiary/aromatic N) is 2. The molecule has 3 rings (SSSR count). The van der Waals surface area contributed by atoms with E-state index in [0.29, 0.717) is 6.61 Å². The van der Waals surface area contributed by atoms with Crippen molar-refractivity contribution in [2.24, 2.45) is 4.99 Å². The van der Waals surface area contributed by atoms with Crippen LogP contribution in [0.25, 0.3) is 0 Å². The number of hydrogen-bond donors (Lipinski definition) is 0. The van der Waals surface area contributed by atoms with Gasteiger partial charge in [-0.15, -0.1) is 0 Å². The maximum atomic E-state index is 12.0. The zero-order valence-corrected chi connectivity index (χ0v) is 12.3. The summed E-state index contributed by atoms with van der Waals surface area (Å²) >= 11 is 1.62. The lowest BCUT2D eigenvalue weighted by atomic mass is 10.1. The van der Waals surface area contributed by atoms with E-state index in [-0.39, 0.29) is 17.3 Å². The van der Waals surface area contributed by atoms with E-state index in [0.717, 1.165) is 16.5 Å². The van der Waals surface area contributed by atoms with Crippen LogP contribution in [0, 0.1) is 0 Å². The average Bonchev–Trinajstić information content (AvgIpc) is 2.85. The molecule has 4 nitrogen and oxygen atoms in total. The highest BCUT2D eigenvalue weighted by molar-refractivity contribution is 8.15. The third-order valence-corrected chi connectivity index (χ3v) is 4.66. The summed E-state index contributed by atoms with van der Waals surface area (Å²) in [5.74, 6) is 0.913. The van der Waals surface area contributed by atoms with Crippen molar-refractivity contribution in [1.82, 2.24) is 4.90 Å². The van der Waals surface area contributed by atoms with Crippen molar-refractivity contribution in [3.8, 4) is 5.75 Å². The highest BCUT2D eigenvalue weighted by atomic mass is 32.2. The predicted molar refractivity (Wildman–Crippen MR) is 80.8 cm³/mol. The van der Waals surface area contributed by atoms with Gasteiger partial charge in [-0.2, -0.15) is 0 Å². The molecule has 1 aromatic carbocycles. The first-order valence-corrected chi connectivity index (χ1v) is 7.46. The minimum absolute atomic E-state index is 0.0906. The lowest BCUT2D eigenvalue weighted by Gasteiger charge is -2.41. The average molecular weight is 288 g/mol. The molecular formula is C15H16N2O2S. The van der Waals surface area contributed by atoms with Crippen LogP contribution in [0.3, 0.4) is 0 Å². The first-order chi connectivity index (χ1) is 9.70. The van der Waals surface area contributed by atoms with Gasteiger partial charge in [-0.3, -0.25) is 14.7 Å². The highest BCUT2D eigenvalue weighted by Crippen LogP contribution is 2.41. The Kier molecular flexibility index (Phi) is 3.53. The monoisotopic (exact) mass is 288 g/mol. The number of thioether (sulfide) groups is 1. The van der Waals surface area contributed by atoms with Gasteiger partial charge in [-0.05, 0) is 26.0 Å². The zero-order valence-electron chi connectivity index (χ0n) is 11.4. The van der Waals surface area contributed by atoms with Gasteiger partial charge in [0, 0.05) is 5.70 Å². The number of likely N-dealkylation sites (tertiary alicyclic amines) is 1. The van der Waals surface area contributed by atoms with Crippen LogP contribution in [0.5, 0.6) is 5.75 Å². The predicted octanol–water partition coefficient (Wildman–Crippen LogP) is 2.67. The molecule has 2 aliphatic rings. The number of allylic oxidation sites excluding steroid dienone is 2. The molecule has 1 amide bonds. The molecule has 0 saturated carbocycles. The molecule has 1 saturated heterocycles. The number of benzene rings is 1. The van der Waals surface area contributed by atoms with Gasteiger partial charge >= 0.3 is 0 Å². The maximum Gasteiger partial charge on any atom is 0.255 e. The van der Waals surface area contributed by atoms with Crippen molar-refractivity contribution in [2.75, 3.05) is 6.61 Å². The van der Waals surface area contributed by atoms with Crippen LogP contribution >= 0.6 is 11.8 Å². The molecule has 0 spiro atoms. The van der Waals surface area contributed by atoms with Crippen molar-refractivity contribution >= 4 is 22.7 Å². The molecule has 0 bridgehead atoms. The number of carbonyl (C=O) groups is 1. The highest BCUT2D eigenvalue weighted by Gasteiger charge is 2.52. The maximum absolute atomic E-state index is 12.0. The molecule has 2 heterocycles. The van der Waals surface area contributed by atoms with Crippen LogP contribution in [-0.4, -0.2) is 33.9 Å². The van der Waals surface area contributed by atoms with Crippen LogP contribution in [0.15, 0.2) is 47.1 Å². The lowest BCUT2D eigenvalue weighted by Crippen LogP contribution is -2.59. The molecule has 0 aliphatic carbocycles. The van der Waals surface area contributed by atoms with Gasteiger partial charge in [-0.1, -0.05) is 36.0 Å². The van der Waals surface area contributed by atoms with E-state index in [1.54, 1.807) is 11.8 Å². The number of hydrogen-bond acceptors (Lipinski definition) is 4. The number of β-lactam (4-membered cyclic amide) rings is 1. The molecule has 104 valence electrons. The third-order valence-electron chi connectivity index (χ3n) is 3.46. The second kappa shape index (κ2) is 5.32. The van der Waals surface area contributed by atoms with Gasteiger partial charge in [0.1, 0.15) is 22.8 Å². The summed E-state index contributed by atoms with van der Waals surface area (Å²) in [5, 5.41) is 1.01. The molecule has 2 atom stereocenters. The fourth-order valence-corrected chi connectivity index (χ4v) is 3.52. The quantitative estimate of drug-likeness (QED) is 0.800. The fourth-order valence-electron chi connectivity index (χ4n) is 2.26. The number of amides is 1. The van der Waals surface area contributed by atoms with E-state index >= 15 is 0 Å². The summed E-state index contributed by atoms with van der Waals surface area (Å²) in [4.78, 5) is 18.3. The zero-order chi connectivity index (χ0) is 14.1. The molecule has 0 aromatic heterocycles. The van der Waals surface area contributed by atoms with Crippen LogP contribution in [0.1, 0.15) is 13.8 Å². The summed E-state index contributed by atoms with van der Waals surface area (Å²) in [6.45, 7) is 4.32. The third kappa shape index (κ3) is 2.22. The summed E-state index contributed by atoms with van der Waals surface area (Å²) < 4.78 is 5.68. The standard InChI is InChI=1S/C15H16N2O2S/c1-3-10(2)17-14(18)13-15(17)20-12(16-13)9-19-11-7-5-4-6-8-11/h3-8,13,15H,9H2,1-2H3/b10-3+. The van der Waals surface area contributed by atoms with E-state index in [2.05, 4.69) is 4.99 Å². The number of carbonyl (C=O) groups excluding carboxylic acids is 1. The van der Waals surface area contributed by atoms with Gasteiger partial charge in [0.2, 0.25) is 0 Å². The summed E-state index contributed by atoms with van der Waals surface area (Å²) in [5.41, 5.74) is 0.990. The van der Waals surface area contributed by atoms with E-state index < -0.39 is 0 Å². The number of fused-ring (bicyclic) bond motifs is 1. The van der Waals surface area contributed by atoms with Gasteiger partial charge in [0.05, 0.1) is 0 Å². The van der Waals surface area contributed by atoms with E-state index in [4.69, 9.17) is 4.74 Å². The Morgan fingerprint density at radius 1 is 1.45 bits per heavy atom. The Labute approximate surface area is 122 Å². The number of ether oxygens (including phenoxy) is 1. The molecule has 5 heteroatoms. The molecule has 0 radical (unpaired) electrons. The first kappa shape index (κ1) is 13.2. The molecule has 0 N–H and O–H groups in total. The van der Waals surface area contributed by atoms with Crippen molar-refractivity contribution in [1.29, 1.82) is 0 Å². The Morgan fingerprint density at radius 2 is 2.20 bits per heavy atom. The van der Waals surface area contributed by atoms with Crippen molar-refractivity contribution in [2.45, 2.75) is 25.3 Å². The largest absolute Gasteiger partial charge is 0.487 e.